The zero-order valence-electron chi connectivity index (χ0n) is 12.5. The molecule has 0 spiro atoms. The number of thioether (sulfide) groups is 1. The van der Waals surface area contributed by atoms with Gasteiger partial charge in [-0.05, 0) is 19.1 Å². The molecule has 2 heterocycles. The number of hydrogen-bond donors (Lipinski definition) is 2. The maximum Gasteiger partial charge on any atom is 0.232 e. The van der Waals surface area contributed by atoms with E-state index in [1.54, 1.807) is 6.33 Å². The average Bonchev–Trinajstić information content (AvgIpc) is 3.01. The van der Waals surface area contributed by atoms with Gasteiger partial charge >= 0.3 is 0 Å². The second-order valence-corrected chi connectivity index (χ2v) is 5.56. The molecule has 2 aromatic heterocycles. The fourth-order valence-electron chi connectivity index (χ4n) is 1.91. The maximum atomic E-state index is 5.77. The summed E-state index contributed by atoms with van der Waals surface area (Å²) in [7, 11) is 0. The first kappa shape index (κ1) is 15.2. The van der Waals surface area contributed by atoms with Crippen molar-refractivity contribution in [2.45, 2.75) is 24.4 Å². The molecule has 0 saturated heterocycles. The second kappa shape index (κ2) is 7.05. The summed E-state index contributed by atoms with van der Waals surface area (Å²) >= 11 is 1.51. The highest BCUT2D eigenvalue weighted by Crippen LogP contribution is 2.20. The van der Waals surface area contributed by atoms with E-state index < -0.39 is 0 Å². The van der Waals surface area contributed by atoms with Gasteiger partial charge in [0, 0.05) is 12.2 Å². The predicted octanol–water partition coefficient (Wildman–Crippen LogP) is 2.10. The molecule has 0 aliphatic heterocycles. The van der Waals surface area contributed by atoms with Crippen LogP contribution in [0.4, 0.5) is 17.6 Å². The monoisotopic (exact) mass is 328 g/mol. The normalized spacial score (nSPS) is 10.7. The van der Waals surface area contributed by atoms with Gasteiger partial charge < -0.3 is 15.6 Å². The van der Waals surface area contributed by atoms with E-state index in [0.29, 0.717) is 17.5 Å². The van der Waals surface area contributed by atoms with E-state index in [9.17, 15) is 0 Å². The third-order valence-electron chi connectivity index (χ3n) is 2.98. The first-order chi connectivity index (χ1) is 11.2. The van der Waals surface area contributed by atoms with Crippen LogP contribution in [0.25, 0.3) is 0 Å². The number of anilines is 3. The van der Waals surface area contributed by atoms with Crippen LogP contribution in [0.2, 0.25) is 0 Å². The van der Waals surface area contributed by atoms with E-state index in [-0.39, 0.29) is 5.95 Å². The highest BCUT2D eigenvalue weighted by molar-refractivity contribution is 7.98. The lowest BCUT2D eigenvalue weighted by molar-refractivity contribution is 0.680. The van der Waals surface area contributed by atoms with Crippen LogP contribution in [-0.4, -0.2) is 29.7 Å². The van der Waals surface area contributed by atoms with Gasteiger partial charge in [-0.3, -0.25) is 0 Å². The number of nitrogens with two attached hydrogens (primary N) is 1. The minimum Gasteiger partial charge on any atom is -0.368 e. The summed E-state index contributed by atoms with van der Waals surface area (Å²) in [6.45, 7) is 2.85. The van der Waals surface area contributed by atoms with Crippen LogP contribution < -0.4 is 11.1 Å². The Labute approximate surface area is 137 Å². The van der Waals surface area contributed by atoms with E-state index in [1.807, 2.05) is 41.8 Å². The third-order valence-corrected chi connectivity index (χ3v) is 3.96. The quantitative estimate of drug-likeness (QED) is 0.662. The molecule has 3 N–H and O–H groups in total. The van der Waals surface area contributed by atoms with Crippen molar-refractivity contribution in [3.05, 3.63) is 42.5 Å². The molecule has 0 unspecified atom stereocenters. The van der Waals surface area contributed by atoms with Gasteiger partial charge in [0.25, 0.3) is 0 Å². The van der Waals surface area contributed by atoms with E-state index >= 15 is 0 Å². The van der Waals surface area contributed by atoms with Gasteiger partial charge in [-0.1, -0.05) is 30.0 Å². The Kier molecular flexibility index (Phi) is 4.67. The summed E-state index contributed by atoms with van der Waals surface area (Å²) in [5, 5.41) is 11.9. The molecule has 1 aromatic carbocycles. The standard InChI is InChI=1S/C14H16N8S/c1-2-22-9-16-21-14(22)23-8-11-18-12(15)20-13(19-11)17-10-6-4-3-5-7-10/h3-7,9H,2,8H2,1H3,(H3,15,17,18,19,20). The maximum absolute atomic E-state index is 5.77. The molecule has 118 valence electrons. The summed E-state index contributed by atoms with van der Waals surface area (Å²) in [6.07, 6.45) is 1.70. The molecule has 0 amide bonds. The van der Waals surface area contributed by atoms with Gasteiger partial charge in [-0.15, -0.1) is 10.2 Å². The largest absolute Gasteiger partial charge is 0.368 e. The van der Waals surface area contributed by atoms with Gasteiger partial charge in [-0.2, -0.15) is 15.0 Å². The van der Waals surface area contributed by atoms with E-state index in [0.717, 1.165) is 17.4 Å². The lowest BCUT2D eigenvalue weighted by Gasteiger charge is -2.07. The van der Waals surface area contributed by atoms with Gasteiger partial charge in [0.05, 0.1) is 5.75 Å². The van der Waals surface area contributed by atoms with Crippen molar-refractivity contribution in [1.82, 2.24) is 29.7 Å². The first-order valence-corrected chi connectivity index (χ1v) is 8.06. The van der Waals surface area contributed by atoms with E-state index in [2.05, 4.69) is 30.5 Å². The lowest BCUT2D eigenvalue weighted by atomic mass is 10.3. The molecule has 0 fully saturated rings. The van der Waals surface area contributed by atoms with Crippen molar-refractivity contribution >= 4 is 29.3 Å². The van der Waals surface area contributed by atoms with Gasteiger partial charge in [0.15, 0.2) is 5.16 Å². The predicted molar refractivity (Wildman–Crippen MR) is 89.2 cm³/mol. The first-order valence-electron chi connectivity index (χ1n) is 7.07. The number of aryl methyl sites for hydroxylation is 1. The highest BCUT2D eigenvalue weighted by atomic mass is 32.2. The van der Waals surface area contributed by atoms with Crippen molar-refractivity contribution in [2.24, 2.45) is 0 Å². The number of nitrogens with zero attached hydrogens (tertiary/aromatic N) is 6. The molecule has 3 aromatic rings. The fraction of sp³-hybridized carbons (Fsp3) is 0.214. The van der Waals surface area contributed by atoms with Crippen LogP contribution >= 0.6 is 11.8 Å². The molecule has 8 nitrogen and oxygen atoms in total. The Morgan fingerprint density at radius 2 is 2.00 bits per heavy atom. The Morgan fingerprint density at radius 1 is 1.17 bits per heavy atom. The van der Waals surface area contributed by atoms with E-state index in [4.69, 9.17) is 5.73 Å². The Hall–Kier alpha value is -2.68. The second-order valence-electron chi connectivity index (χ2n) is 4.61. The Morgan fingerprint density at radius 3 is 2.78 bits per heavy atom. The molecule has 0 bridgehead atoms. The van der Waals surface area contributed by atoms with E-state index in [1.165, 1.54) is 11.8 Å². The summed E-state index contributed by atoms with van der Waals surface area (Å²) in [6, 6.07) is 9.66. The van der Waals surface area contributed by atoms with Crippen LogP contribution in [0.3, 0.4) is 0 Å². The van der Waals surface area contributed by atoms with Crippen LogP contribution in [0.5, 0.6) is 0 Å². The van der Waals surface area contributed by atoms with Gasteiger partial charge in [0.2, 0.25) is 11.9 Å². The number of benzene rings is 1. The number of rotatable bonds is 6. The van der Waals surface area contributed by atoms with Crippen molar-refractivity contribution in [2.75, 3.05) is 11.1 Å². The summed E-state index contributed by atoms with van der Waals surface area (Å²) in [5.74, 6) is 1.74. The topological polar surface area (TPSA) is 107 Å². The number of nitrogens with one attached hydrogen (secondary N) is 1. The average molecular weight is 328 g/mol. The number of hydrogen-bond acceptors (Lipinski definition) is 8. The molecular weight excluding hydrogens is 312 g/mol. The van der Waals surface area contributed by atoms with Crippen molar-refractivity contribution in [1.29, 1.82) is 0 Å². The number of aromatic nitrogens is 6. The minimum absolute atomic E-state index is 0.186. The van der Waals surface area contributed by atoms with Crippen LogP contribution in [0, 0.1) is 0 Å². The van der Waals surface area contributed by atoms with Crippen molar-refractivity contribution in [3.8, 4) is 0 Å². The highest BCUT2D eigenvalue weighted by Gasteiger charge is 2.09. The van der Waals surface area contributed by atoms with Crippen molar-refractivity contribution < 1.29 is 0 Å². The van der Waals surface area contributed by atoms with Crippen LogP contribution in [0.1, 0.15) is 12.7 Å². The molecule has 9 heteroatoms. The lowest BCUT2D eigenvalue weighted by Crippen LogP contribution is -2.06. The van der Waals surface area contributed by atoms with Crippen molar-refractivity contribution in [3.63, 3.8) is 0 Å². The summed E-state index contributed by atoms with van der Waals surface area (Å²) < 4.78 is 1.96. The Balaban J connectivity index is 1.72. The molecule has 0 radical (unpaired) electrons. The number of nitrogen functional groups attached to an aromatic ring is 1. The molecule has 0 atom stereocenters. The zero-order chi connectivity index (χ0) is 16.1. The molecule has 23 heavy (non-hydrogen) atoms. The minimum atomic E-state index is 0.186. The molecule has 0 aliphatic rings. The van der Waals surface area contributed by atoms with Crippen LogP contribution in [-0.2, 0) is 12.3 Å². The zero-order valence-corrected chi connectivity index (χ0v) is 13.4. The molecule has 0 aliphatic carbocycles. The molecular formula is C14H16N8S. The molecule has 3 rings (SSSR count). The van der Waals surface area contributed by atoms with Gasteiger partial charge in [0.1, 0.15) is 12.2 Å². The van der Waals surface area contributed by atoms with Gasteiger partial charge in [-0.25, -0.2) is 0 Å². The third kappa shape index (κ3) is 3.95. The molecule has 0 saturated carbocycles. The smallest absolute Gasteiger partial charge is 0.232 e. The SMILES string of the molecule is CCn1cnnc1SCc1nc(N)nc(Nc2ccccc2)n1. The van der Waals surface area contributed by atoms with Crippen LogP contribution in [0.15, 0.2) is 41.8 Å². The fourth-order valence-corrected chi connectivity index (χ4v) is 2.75. The summed E-state index contributed by atoms with van der Waals surface area (Å²) in [5.41, 5.74) is 6.66. The summed E-state index contributed by atoms with van der Waals surface area (Å²) in [4.78, 5) is 12.7. The number of para-hydroxylation sites is 1. The Bertz CT molecular complexity index is 773.